The van der Waals surface area contributed by atoms with Crippen LogP contribution in [-0.2, 0) is 32.1 Å². The minimum atomic E-state index is -1.09. The van der Waals surface area contributed by atoms with E-state index in [-0.39, 0.29) is 49.6 Å². The van der Waals surface area contributed by atoms with Crippen LogP contribution in [0.15, 0.2) is 54.6 Å². The van der Waals surface area contributed by atoms with Gasteiger partial charge in [-0.05, 0) is 55.0 Å². The molecule has 2 rings (SSSR count). The molecule has 0 fully saturated rings. The second-order valence-electron chi connectivity index (χ2n) is 9.77. The van der Waals surface area contributed by atoms with Gasteiger partial charge in [-0.25, -0.2) is 4.79 Å². The molecule has 39 heavy (non-hydrogen) atoms. The van der Waals surface area contributed by atoms with Crippen molar-refractivity contribution in [1.29, 1.82) is 0 Å². The fourth-order valence-electron chi connectivity index (χ4n) is 3.97. The van der Waals surface area contributed by atoms with Crippen LogP contribution in [0, 0.1) is 11.8 Å². The Morgan fingerprint density at radius 2 is 1.56 bits per heavy atom. The standard InChI is InChI=1S/C29H41N3O6.ClH/c1-20(2)26(29(37)38-19-22-10-6-3-7-11-22)32-28(36)27(23(17-30)18-33)31-25(35)12-8-4-5-9-21-13-15-24(34)16-14-21;/h3,6-7,10-11,13-16,20,23,26-27,33-34H,4-5,8-9,12,17-19,30H2,1-2H3,(H,31,35)(H,32,36);1H. The van der Waals surface area contributed by atoms with Crippen molar-refractivity contribution in [1.82, 2.24) is 10.6 Å². The first kappa shape index (κ1) is 33.9. The van der Waals surface area contributed by atoms with Crippen LogP contribution in [0.2, 0.25) is 0 Å². The van der Waals surface area contributed by atoms with Gasteiger partial charge in [0, 0.05) is 18.9 Å². The maximum atomic E-state index is 13.2. The number of nitrogens with two attached hydrogens (primary N) is 1. The zero-order valence-corrected chi connectivity index (χ0v) is 23.5. The van der Waals surface area contributed by atoms with E-state index in [4.69, 9.17) is 10.5 Å². The van der Waals surface area contributed by atoms with Crippen LogP contribution in [0.25, 0.3) is 0 Å². The second-order valence-corrected chi connectivity index (χ2v) is 9.77. The summed E-state index contributed by atoms with van der Waals surface area (Å²) in [5.74, 6) is -2.24. The molecule has 0 radical (unpaired) electrons. The minimum absolute atomic E-state index is 0. The molecule has 0 aromatic heterocycles. The normalized spacial score (nSPS) is 13.1. The van der Waals surface area contributed by atoms with Gasteiger partial charge in [0.1, 0.15) is 24.4 Å². The summed E-state index contributed by atoms with van der Waals surface area (Å²) in [4.78, 5) is 38.6. The lowest BCUT2D eigenvalue weighted by Crippen LogP contribution is -2.57. The van der Waals surface area contributed by atoms with Crippen molar-refractivity contribution in [2.45, 2.75) is 64.6 Å². The van der Waals surface area contributed by atoms with Gasteiger partial charge in [0.05, 0.1) is 0 Å². The quantitative estimate of drug-likeness (QED) is 0.156. The number of ether oxygens (including phenoxy) is 1. The lowest BCUT2D eigenvalue weighted by atomic mass is 9.97. The highest BCUT2D eigenvalue weighted by Crippen LogP contribution is 2.14. The number of aromatic hydroxyl groups is 1. The summed E-state index contributed by atoms with van der Waals surface area (Å²) in [7, 11) is 0. The Morgan fingerprint density at radius 3 is 2.15 bits per heavy atom. The summed E-state index contributed by atoms with van der Waals surface area (Å²) in [6, 6.07) is 14.2. The van der Waals surface area contributed by atoms with E-state index in [1.54, 1.807) is 26.0 Å². The number of hydrogen-bond donors (Lipinski definition) is 5. The average Bonchev–Trinajstić information content (AvgIpc) is 2.91. The van der Waals surface area contributed by atoms with E-state index in [1.165, 1.54) is 0 Å². The molecule has 0 aliphatic heterocycles. The maximum Gasteiger partial charge on any atom is 0.329 e. The van der Waals surface area contributed by atoms with Gasteiger partial charge in [-0.15, -0.1) is 12.4 Å². The molecule has 0 aliphatic carbocycles. The predicted octanol–water partition coefficient (Wildman–Crippen LogP) is 2.85. The highest BCUT2D eigenvalue weighted by atomic mass is 35.5. The number of phenolic OH excluding ortho intramolecular Hbond substituents is 1. The molecular formula is C29H42ClN3O6. The van der Waals surface area contributed by atoms with Gasteiger partial charge >= 0.3 is 5.97 Å². The van der Waals surface area contributed by atoms with E-state index in [9.17, 15) is 24.6 Å². The molecule has 2 aromatic rings. The first-order valence-electron chi connectivity index (χ1n) is 13.1. The van der Waals surface area contributed by atoms with Crippen LogP contribution in [0.3, 0.4) is 0 Å². The Labute approximate surface area is 236 Å². The van der Waals surface area contributed by atoms with Crippen molar-refractivity contribution in [3.8, 4) is 5.75 Å². The highest BCUT2D eigenvalue weighted by Gasteiger charge is 2.33. The van der Waals surface area contributed by atoms with Gasteiger partial charge in [-0.3, -0.25) is 9.59 Å². The molecule has 10 heteroatoms. The molecule has 216 valence electrons. The monoisotopic (exact) mass is 563 g/mol. The number of phenols is 1. The third kappa shape index (κ3) is 12.1. The number of carbonyl (C=O) groups is 3. The molecule has 2 amide bonds. The summed E-state index contributed by atoms with van der Waals surface area (Å²) < 4.78 is 5.41. The van der Waals surface area contributed by atoms with Gasteiger partial charge in [-0.2, -0.15) is 0 Å². The molecule has 0 saturated carbocycles. The van der Waals surface area contributed by atoms with Gasteiger partial charge in [0.15, 0.2) is 0 Å². The van der Waals surface area contributed by atoms with Gasteiger partial charge < -0.3 is 31.3 Å². The summed E-state index contributed by atoms with van der Waals surface area (Å²) >= 11 is 0. The number of aryl methyl sites for hydroxylation is 1. The molecule has 0 spiro atoms. The third-order valence-electron chi connectivity index (χ3n) is 6.36. The molecule has 0 saturated heterocycles. The molecule has 3 atom stereocenters. The van der Waals surface area contributed by atoms with Crippen LogP contribution in [-0.4, -0.2) is 53.2 Å². The van der Waals surface area contributed by atoms with Crippen molar-refractivity contribution in [3.63, 3.8) is 0 Å². The van der Waals surface area contributed by atoms with Crippen molar-refractivity contribution >= 4 is 30.2 Å². The van der Waals surface area contributed by atoms with Gasteiger partial charge in [-0.1, -0.05) is 62.7 Å². The summed E-state index contributed by atoms with van der Waals surface area (Å²) in [6.07, 6.45) is 3.38. The molecule has 6 N–H and O–H groups in total. The van der Waals surface area contributed by atoms with Crippen molar-refractivity contribution in [3.05, 3.63) is 65.7 Å². The number of unbranched alkanes of at least 4 members (excludes halogenated alkanes) is 2. The zero-order chi connectivity index (χ0) is 27.9. The Morgan fingerprint density at radius 1 is 0.897 bits per heavy atom. The lowest BCUT2D eigenvalue weighted by molar-refractivity contribution is -0.150. The highest BCUT2D eigenvalue weighted by molar-refractivity contribution is 5.91. The zero-order valence-electron chi connectivity index (χ0n) is 22.7. The largest absolute Gasteiger partial charge is 0.508 e. The fourth-order valence-corrected chi connectivity index (χ4v) is 3.97. The van der Waals surface area contributed by atoms with E-state index in [0.717, 1.165) is 30.4 Å². The molecule has 0 aliphatic rings. The number of amides is 2. The number of nitrogens with one attached hydrogen (secondary N) is 2. The number of carbonyl (C=O) groups excluding carboxylic acids is 3. The van der Waals surface area contributed by atoms with Crippen LogP contribution >= 0.6 is 12.4 Å². The lowest BCUT2D eigenvalue weighted by Gasteiger charge is -2.28. The van der Waals surface area contributed by atoms with Crippen LogP contribution < -0.4 is 16.4 Å². The van der Waals surface area contributed by atoms with E-state index in [0.29, 0.717) is 6.42 Å². The Bertz CT molecular complexity index is 1000. The van der Waals surface area contributed by atoms with Gasteiger partial charge in [0.25, 0.3) is 0 Å². The van der Waals surface area contributed by atoms with E-state index < -0.39 is 36.5 Å². The number of esters is 1. The molecule has 9 nitrogen and oxygen atoms in total. The van der Waals surface area contributed by atoms with Crippen LogP contribution in [0.5, 0.6) is 5.75 Å². The van der Waals surface area contributed by atoms with Crippen molar-refractivity contribution in [2.24, 2.45) is 17.6 Å². The first-order valence-corrected chi connectivity index (χ1v) is 13.1. The number of hydrogen-bond acceptors (Lipinski definition) is 7. The van der Waals surface area contributed by atoms with Gasteiger partial charge in [0.2, 0.25) is 11.8 Å². The fraction of sp³-hybridized carbons (Fsp3) is 0.483. The van der Waals surface area contributed by atoms with Crippen LogP contribution in [0.4, 0.5) is 0 Å². The number of halogens is 1. The van der Waals surface area contributed by atoms with E-state index >= 15 is 0 Å². The second kappa shape index (κ2) is 18.2. The predicted molar refractivity (Wildman–Crippen MR) is 152 cm³/mol. The van der Waals surface area contributed by atoms with Crippen molar-refractivity contribution < 1.29 is 29.3 Å². The summed E-state index contributed by atoms with van der Waals surface area (Å²) in [6.45, 7) is 3.23. The Kier molecular flexibility index (Phi) is 15.8. The molecule has 2 aromatic carbocycles. The summed E-state index contributed by atoms with van der Waals surface area (Å²) in [5.41, 5.74) is 7.70. The van der Waals surface area contributed by atoms with E-state index in [2.05, 4.69) is 10.6 Å². The first-order chi connectivity index (χ1) is 18.2. The maximum absolute atomic E-state index is 13.2. The number of aliphatic hydroxyl groups is 1. The minimum Gasteiger partial charge on any atom is -0.508 e. The molecule has 0 heterocycles. The number of aliphatic hydroxyl groups excluding tert-OH is 1. The van der Waals surface area contributed by atoms with E-state index in [1.807, 2.05) is 42.5 Å². The third-order valence-corrected chi connectivity index (χ3v) is 6.36. The summed E-state index contributed by atoms with van der Waals surface area (Å²) in [5, 5.41) is 24.5. The molecule has 0 bridgehead atoms. The average molecular weight is 564 g/mol. The molecule has 3 unspecified atom stereocenters. The Balaban J connectivity index is 0.00000760. The smallest absolute Gasteiger partial charge is 0.329 e. The topological polar surface area (TPSA) is 151 Å². The number of rotatable bonds is 16. The number of benzene rings is 2. The SMILES string of the molecule is CC(C)C(NC(=O)C(NC(=O)CCCCCc1ccc(O)cc1)C(CN)CO)C(=O)OCc1ccccc1.Cl. The Hall–Kier alpha value is -3.14. The van der Waals surface area contributed by atoms with Crippen LogP contribution in [0.1, 0.15) is 50.7 Å². The molecular weight excluding hydrogens is 522 g/mol. The van der Waals surface area contributed by atoms with Crippen molar-refractivity contribution in [2.75, 3.05) is 13.2 Å².